The molecule has 3 heterocycles. The van der Waals surface area contributed by atoms with Crippen molar-refractivity contribution >= 4 is 23.7 Å². The molecule has 3 aliphatic rings. The summed E-state index contributed by atoms with van der Waals surface area (Å²) >= 11 is 0. The smallest absolute Gasteiger partial charge is 0.310 e. The number of hydrogen-bond donors (Lipinski definition) is 2. The fraction of sp³-hybridized carbons (Fsp3) is 0.571. The number of cyclic esters (lactones) is 1. The molecule has 0 aromatic heterocycles. The van der Waals surface area contributed by atoms with E-state index in [1.54, 1.807) is 5.01 Å². The van der Waals surface area contributed by atoms with Crippen molar-refractivity contribution in [3.05, 3.63) is 48.2 Å². The van der Waals surface area contributed by atoms with Crippen LogP contribution in [-0.4, -0.2) is 71.3 Å². The van der Waals surface area contributed by atoms with E-state index in [1.807, 2.05) is 37.3 Å². The first-order valence-electron chi connectivity index (χ1n) is 13.6. The lowest BCUT2D eigenvalue weighted by Crippen LogP contribution is -2.63. The maximum absolute atomic E-state index is 13.7. The minimum atomic E-state index is -0.843. The Bertz CT molecular complexity index is 1030. The van der Waals surface area contributed by atoms with E-state index in [-0.39, 0.29) is 30.6 Å². The second-order valence-electron chi connectivity index (χ2n) is 10.1. The van der Waals surface area contributed by atoms with E-state index >= 15 is 0 Å². The highest BCUT2D eigenvalue weighted by Crippen LogP contribution is 2.29. The van der Waals surface area contributed by atoms with E-state index in [1.165, 1.54) is 5.01 Å². The van der Waals surface area contributed by atoms with Crippen molar-refractivity contribution in [1.29, 1.82) is 0 Å². The predicted molar refractivity (Wildman–Crippen MR) is 139 cm³/mol. The SMILES string of the molecule is C=C1CCC(NC(=O)CCc2ccccc2)C(=O)N2[C@H](C(=O)N[C@H]3CC(=O)OC3OCCCC)CCCN12. The molecule has 0 saturated carbocycles. The summed E-state index contributed by atoms with van der Waals surface area (Å²) in [6, 6.07) is 7.54. The molecule has 3 fully saturated rings. The highest BCUT2D eigenvalue weighted by Gasteiger charge is 2.45. The standard InChI is InChI=1S/C28H38N4O6/c1-3-4-17-37-28-22(18-25(34)38-28)30-26(35)23-11-8-16-31-19(2)12-14-21(27(36)32(23)31)29-24(33)15-13-20-9-6-5-7-10-20/h5-7,9-10,21-23,28H,2-4,8,11-18H2,1H3,(H,29,33)(H,30,35)/t21?,22-,23-,28?/m0/s1. The van der Waals surface area contributed by atoms with Gasteiger partial charge in [-0.3, -0.25) is 24.2 Å². The molecule has 10 nitrogen and oxygen atoms in total. The van der Waals surface area contributed by atoms with Gasteiger partial charge in [0.05, 0.1) is 13.0 Å². The fourth-order valence-electron chi connectivity index (χ4n) is 5.11. The summed E-state index contributed by atoms with van der Waals surface area (Å²) < 4.78 is 10.9. The van der Waals surface area contributed by atoms with Gasteiger partial charge in [-0.2, -0.15) is 0 Å². The lowest BCUT2D eigenvalue weighted by atomic mass is 10.0. The average molecular weight is 527 g/mol. The van der Waals surface area contributed by atoms with Crippen LogP contribution in [0, 0.1) is 0 Å². The third-order valence-corrected chi connectivity index (χ3v) is 7.21. The van der Waals surface area contributed by atoms with E-state index in [4.69, 9.17) is 9.47 Å². The number of nitrogens with one attached hydrogen (secondary N) is 2. The van der Waals surface area contributed by atoms with Crippen LogP contribution >= 0.6 is 0 Å². The Hall–Kier alpha value is -3.40. The number of fused-ring (bicyclic) bond motifs is 1. The van der Waals surface area contributed by atoms with Crippen LogP contribution in [0.1, 0.15) is 63.9 Å². The number of allylic oxidation sites excluding steroid dienone is 1. The average Bonchev–Trinajstić information content (AvgIpc) is 3.22. The van der Waals surface area contributed by atoms with Gasteiger partial charge >= 0.3 is 5.97 Å². The molecule has 4 rings (SSSR count). The zero-order chi connectivity index (χ0) is 27.1. The van der Waals surface area contributed by atoms with Crippen LogP contribution in [0.2, 0.25) is 0 Å². The monoisotopic (exact) mass is 526 g/mol. The minimum Gasteiger partial charge on any atom is -0.433 e. The molecule has 4 atom stereocenters. The zero-order valence-electron chi connectivity index (χ0n) is 22.0. The van der Waals surface area contributed by atoms with Crippen LogP contribution in [0.15, 0.2) is 42.6 Å². The maximum atomic E-state index is 13.7. The van der Waals surface area contributed by atoms with E-state index in [0.717, 1.165) is 24.1 Å². The van der Waals surface area contributed by atoms with E-state index in [2.05, 4.69) is 17.2 Å². The second-order valence-corrected chi connectivity index (χ2v) is 10.1. The lowest BCUT2D eigenvalue weighted by Gasteiger charge is -2.45. The molecule has 0 radical (unpaired) electrons. The summed E-state index contributed by atoms with van der Waals surface area (Å²) in [7, 11) is 0. The lowest BCUT2D eigenvalue weighted by molar-refractivity contribution is -0.168. The number of rotatable bonds is 10. The Morgan fingerprint density at radius 3 is 2.71 bits per heavy atom. The van der Waals surface area contributed by atoms with Gasteiger partial charge in [0, 0.05) is 18.7 Å². The van der Waals surface area contributed by atoms with Gasteiger partial charge in [-0.15, -0.1) is 0 Å². The minimum absolute atomic E-state index is 0.0136. The van der Waals surface area contributed by atoms with Gasteiger partial charge in [-0.1, -0.05) is 50.3 Å². The summed E-state index contributed by atoms with van der Waals surface area (Å²) in [5, 5.41) is 9.02. The third kappa shape index (κ3) is 6.72. The molecule has 3 aliphatic heterocycles. The molecule has 3 amide bonds. The Labute approximate surface area is 223 Å². The van der Waals surface area contributed by atoms with Crippen molar-refractivity contribution in [2.75, 3.05) is 13.2 Å². The van der Waals surface area contributed by atoms with Gasteiger partial charge < -0.3 is 20.1 Å². The first-order valence-corrected chi connectivity index (χ1v) is 13.6. The van der Waals surface area contributed by atoms with Gasteiger partial charge in [0.1, 0.15) is 18.1 Å². The van der Waals surface area contributed by atoms with Crippen molar-refractivity contribution in [1.82, 2.24) is 20.7 Å². The number of amides is 3. The molecule has 2 N–H and O–H groups in total. The van der Waals surface area contributed by atoms with Crippen LogP contribution in [0.4, 0.5) is 0 Å². The molecule has 1 aromatic carbocycles. The van der Waals surface area contributed by atoms with Gasteiger partial charge in [0.15, 0.2) is 0 Å². The Balaban J connectivity index is 1.42. The van der Waals surface area contributed by atoms with Gasteiger partial charge in [-0.25, -0.2) is 5.01 Å². The number of hydrogen-bond acceptors (Lipinski definition) is 7. The fourth-order valence-corrected chi connectivity index (χ4v) is 5.11. The summed E-state index contributed by atoms with van der Waals surface area (Å²) in [4.78, 5) is 51.9. The first-order chi connectivity index (χ1) is 18.4. The number of aryl methyl sites for hydroxylation is 1. The van der Waals surface area contributed by atoms with Crippen LogP contribution < -0.4 is 10.6 Å². The van der Waals surface area contributed by atoms with E-state index in [9.17, 15) is 19.2 Å². The molecule has 206 valence electrons. The first kappa shape index (κ1) is 27.6. The van der Waals surface area contributed by atoms with Crippen molar-refractivity contribution in [3.63, 3.8) is 0 Å². The van der Waals surface area contributed by atoms with Gasteiger partial charge in [0.2, 0.25) is 18.1 Å². The summed E-state index contributed by atoms with van der Waals surface area (Å²) in [5.74, 6) is -1.34. The molecule has 10 heteroatoms. The molecule has 38 heavy (non-hydrogen) atoms. The quantitative estimate of drug-likeness (QED) is 0.355. The summed E-state index contributed by atoms with van der Waals surface area (Å²) in [6.45, 7) is 7.17. The molecule has 1 aromatic rings. The van der Waals surface area contributed by atoms with E-state index in [0.29, 0.717) is 45.3 Å². The molecule has 3 saturated heterocycles. The Morgan fingerprint density at radius 1 is 1.16 bits per heavy atom. The normalized spacial score (nSPS) is 25.4. The van der Waals surface area contributed by atoms with Crippen molar-refractivity contribution in [2.45, 2.75) is 89.1 Å². The number of carbonyl (C=O) groups is 4. The Morgan fingerprint density at radius 2 is 1.95 bits per heavy atom. The largest absolute Gasteiger partial charge is 0.433 e. The topological polar surface area (TPSA) is 117 Å². The number of ether oxygens (including phenoxy) is 2. The van der Waals surface area contributed by atoms with Crippen LogP contribution in [0.3, 0.4) is 0 Å². The summed E-state index contributed by atoms with van der Waals surface area (Å²) in [6.07, 6.45) is 3.85. The number of unbranched alkanes of at least 4 members (excludes halogenated alkanes) is 1. The van der Waals surface area contributed by atoms with Crippen LogP contribution in [0.5, 0.6) is 0 Å². The Kier molecular flexibility index (Phi) is 9.38. The number of carbonyl (C=O) groups excluding carboxylic acids is 4. The number of esters is 1. The number of nitrogens with zero attached hydrogens (tertiary/aromatic N) is 2. The van der Waals surface area contributed by atoms with Crippen molar-refractivity contribution in [2.24, 2.45) is 0 Å². The maximum Gasteiger partial charge on any atom is 0.310 e. The van der Waals surface area contributed by atoms with Crippen LogP contribution in [-0.2, 0) is 35.1 Å². The van der Waals surface area contributed by atoms with Gasteiger partial charge in [-0.05, 0) is 44.1 Å². The molecular weight excluding hydrogens is 488 g/mol. The molecule has 0 bridgehead atoms. The third-order valence-electron chi connectivity index (χ3n) is 7.21. The van der Waals surface area contributed by atoms with Crippen molar-refractivity contribution in [3.8, 4) is 0 Å². The second kappa shape index (κ2) is 12.9. The highest BCUT2D eigenvalue weighted by molar-refractivity contribution is 5.92. The number of benzene rings is 1. The highest BCUT2D eigenvalue weighted by atomic mass is 16.7. The van der Waals surface area contributed by atoms with Crippen molar-refractivity contribution < 1.29 is 28.7 Å². The predicted octanol–water partition coefficient (Wildman–Crippen LogP) is 2.19. The molecule has 2 unspecified atom stereocenters. The molecular formula is C28H38N4O6. The van der Waals surface area contributed by atoms with E-state index < -0.39 is 30.4 Å². The summed E-state index contributed by atoms with van der Waals surface area (Å²) in [5.41, 5.74) is 1.78. The van der Waals surface area contributed by atoms with Gasteiger partial charge in [0.25, 0.3) is 5.91 Å². The molecule has 0 spiro atoms. The zero-order valence-corrected chi connectivity index (χ0v) is 22.0. The number of hydrazine groups is 1. The molecule has 0 aliphatic carbocycles. The van der Waals surface area contributed by atoms with Crippen LogP contribution in [0.25, 0.3) is 0 Å².